The van der Waals surface area contributed by atoms with Crippen molar-refractivity contribution in [3.63, 3.8) is 0 Å². The maximum atomic E-state index is 10.9. The molecule has 2 aromatic carbocycles. The van der Waals surface area contributed by atoms with E-state index in [2.05, 4.69) is 0 Å². The zero-order valence-corrected chi connectivity index (χ0v) is 13.5. The van der Waals surface area contributed by atoms with Crippen molar-refractivity contribution in [1.29, 1.82) is 0 Å². The van der Waals surface area contributed by atoms with E-state index < -0.39 is 40.8 Å². The SMILES string of the molecule is [O]=[Sb](=[O])[O]I(c1ccccc1)c1ccccc1. The van der Waals surface area contributed by atoms with Crippen LogP contribution in [0, 0.1) is 7.14 Å². The quantitative estimate of drug-likeness (QED) is 0.531. The molecule has 0 aliphatic carbocycles. The Labute approximate surface area is 115 Å². The van der Waals surface area contributed by atoms with Crippen LogP contribution in [0.3, 0.4) is 0 Å². The van der Waals surface area contributed by atoms with Gasteiger partial charge in [-0.15, -0.1) is 0 Å². The van der Waals surface area contributed by atoms with Crippen molar-refractivity contribution < 1.29 is 7.38 Å². The van der Waals surface area contributed by atoms with Crippen molar-refractivity contribution in [2.45, 2.75) is 0 Å². The first-order valence-electron chi connectivity index (χ1n) is 4.90. The van der Waals surface area contributed by atoms with Crippen molar-refractivity contribution in [2.24, 2.45) is 0 Å². The van der Waals surface area contributed by atoms with Crippen LogP contribution in [0.5, 0.6) is 0 Å². The Kier molecular flexibility index (Phi) is 4.95. The van der Waals surface area contributed by atoms with Gasteiger partial charge in [-0.1, -0.05) is 0 Å². The van der Waals surface area contributed by atoms with Gasteiger partial charge in [-0.2, -0.15) is 0 Å². The zero-order chi connectivity index (χ0) is 12.1. The Bertz CT molecular complexity index is 493. The topological polar surface area (TPSA) is 43.4 Å². The van der Waals surface area contributed by atoms with Gasteiger partial charge in [0.05, 0.1) is 0 Å². The number of hydrogen-bond acceptors (Lipinski definition) is 3. The summed E-state index contributed by atoms with van der Waals surface area (Å²) in [6.07, 6.45) is 0. The molecule has 0 fully saturated rings. The van der Waals surface area contributed by atoms with E-state index in [0.717, 1.165) is 7.14 Å². The number of hydrogen-bond donors (Lipinski definition) is 0. The number of benzene rings is 2. The van der Waals surface area contributed by atoms with E-state index >= 15 is 0 Å². The molecule has 0 N–H and O–H groups in total. The van der Waals surface area contributed by atoms with Crippen LogP contribution in [0.25, 0.3) is 0 Å². The molecule has 2 aromatic rings. The third-order valence-corrected chi connectivity index (χ3v) is 11.2. The molecule has 3 nitrogen and oxygen atoms in total. The van der Waals surface area contributed by atoms with E-state index in [1.54, 1.807) is 0 Å². The Morgan fingerprint density at radius 2 is 1.18 bits per heavy atom. The monoisotopic (exact) mass is 450 g/mol. The van der Waals surface area contributed by atoms with Gasteiger partial charge in [-0.3, -0.25) is 0 Å². The summed E-state index contributed by atoms with van der Waals surface area (Å²) < 4.78 is 29.1. The van der Waals surface area contributed by atoms with Crippen LogP contribution in [-0.4, -0.2) is 20.6 Å². The molecule has 88 valence electrons. The van der Waals surface area contributed by atoms with Crippen LogP contribution in [0.15, 0.2) is 60.7 Å². The second kappa shape index (κ2) is 6.47. The Hall–Kier alpha value is -0.452. The summed E-state index contributed by atoms with van der Waals surface area (Å²) in [7, 11) is 0. The molecule has 0 saturated heterocycles. The molecule has 2 rings (SSSR count). The molecule has 5 heteroatoms. The molecule has 0 radical (unpaired) electrons. The molecular formula is C12H10IO3Sb. The molecule has 0 aromatic heterocycles. The van der Waals surface area contributed by atoms with Gasteiger partial charge < -0.3 is 0 Å². The Morgan fingerprint density at radius 1 is 0.765 bits per heavy atom. The third kappa shape index (κ3) is 3.76. The fraction of sp³-hybridized carbons (Fsp3) is 0. The number of rotatable bonds is 4. The molecule has 0 saturated carbocycles. The van der Waals surface area contributed by atoms with Crippen molar-refractivity contribution in [3.8, 4) is 0 Å². The molecule has 0 heterocycles. The second-order valence-electron chi connectivity index (χ2n) is 3.13. The summed E-state index contributed by atoms with van der Waals surface area (Å²) in [4.78, 5) is 0. The molecule has 0 atom stereocenters. The standard InChI is InChI=1S/C12H10IO.2O.Sb/c14-13(11-7-3-1-4-8-11)12-9-5-2-6-10-12;;;/h1-10H;;;/q-1;;;+1. The van der Waals surface area contributed by atoms with E-state index in [1.165, 1.54) is 0 Å². The fourth-order valence-electron chi connectivity index (χ4n) is 1.32. The fourth-order valence-corrected chi connectivity index (χ4v) is 10.2. The summed E-state index contributed by atoms with van der Waals surface area (Å²) in [6, 6.07) is 19.2. The van der Waals surface area contributed by atoms with Crippen LogP contribution in [-0.2, 0) is 7.38 Å². The van der Waals surface area contributed by atoms with Gasteiger partial charge in [0.2, 0.25) is 0 Å². The van der Waals surface area contributed by atoms with Gasteiger partial charge in [0.1, 0.15) is 0 Å². The van der Waals surface area contributed by atoms with E-state index in [1.807, 2.05) is 60.7 Å². The molecular weight excluding hydrogens is 441 g/mol. The number of halogens is 1. The summed E-state index contributed by atoms with van der Waals surface area (Å²) in [6.45, 7) is 0. The first-order valence-corrected chi connectivity index (χ1v) is 11.1. The van der Waals surface area contributed by atoms with E-state index in [9.17, 15) is 6.03 Å². The van der Waals surface area contributed by atoms with Gasteiger partial charge in [0, 0.05) is 0 Å². The second-order valence-corrected chi connectivity index (χ2v) is 11.4. The van der Waals surface area contributed by atoms with Gasteiger partial charge >= 0.3 is 116 Å². The molecule has 0 spiro atoms. The van der Waals surface area contributed by atoms with Crippen molar-refractivity contribution in [1.82, 2.24) is 0 Å². The molecule has 17 heavy (non-hydrogen) atoms. The van der Waals surface area contributed by atoms with E-state index in [4.69, 9.17) is 1.34 Å². The minimum absolute atomic E-state index is 1.00. The van der Waals surface area contributed by atoms with E-state index in [-0.39, 0.29) is 0 Å². The molecule has 0 aliphatic rings. The zero-order valence-electron chi connectivity index (χ0n) is 8.82. The normalized spacial score (nSPS) is 10.9. The first kappa shape index (κ1) is 13.0. The van der Waals surface area contributed by atoms with Crippen LogP contribution in [0.2, 0.25) is 0 Å². The Morgan fingerprint density at radius 3 is 1.53 bits per heavy atom. The van der Waals surface area contributed by atoms with Crippen LogP contribution in [0.4, 0.5) is 0 Å². The van der Waals surface area contributed by atoms with Gasteiger partial charge in [0.25, 0.3) is 0 Å². The molecule has 0 bridgehead atoms. The first-order chi connectivity index (χ1) is 8.27. The molecule has 0 aliphatic heterocycles. The van der Waals surface area contributed by atoms with Gasteiger partial charge in [-0.25, -0.2) is 0 Å². The summed E-state index contributed by atoms with van der Waals surface area (Å²) in [5, 5.41) is 0. The predicted octanol–water partition coefficient (Wildman–Crippen LogP) is 3.01. The van der Waals surface area contributed by atoms with Gasteiger partial charge in [0.15, 0.2) is 0 Å². The van der Waals surface area contributed by atoms with Crippen molar-refractivity contribution in [2.75, 3.05) is 0 Å². The summed E-state index contributed by atoms with van der Waals surface area (Å²) >= 11 is -6.15. The van der Waals surface area contributed by atoms with Gasteiger partial charge in [-0.05, 0) is 0 Å². The van der Waals surface area contributed by atoms with Crippen molar-refractivity contribution >= 4 is 40.8 Å². The predicted molar refractivity (Wildman–Crippen MR) is 72.5 cm³/mol. The van der Waals surface area contributed by atoms with Crippen LogP contribution in [0.1, 0.15) is 0 Å². The molecule has 0 amide bonds. The van der Waals surface area contributed by atoms with Crippen LogP contribution >= 0.6 is 20.2 Å². The minimum atomic E-state index is -3.91. The average molecular weight is 451 g/mol. The average Bonchev–Trinajstić information content (AvgIpc) is 2.38. The Balaban J connectivity index is 2.39. The van der Waals surface area contributed by atoms with Crippen LogP contribution < -0.4 is 0 Å². The summed E-state index contributed by atoms with van der Waals surface area (Å²) in [5.74, 6) is 0. The third-order valence-electron chi connectivity index (χ3n) is 1.99. The molecule has 0 unspecified atom stereocenters. The van der Waals surface area contributed by atoms with E-state index in [0.29, 0.717) is 0 Å². The summed E-state index contributed by atoms with van der Waals surface area (Å²) in [5.41, 5.74) is 0. The van der Waals surface area contributed by atoms with Crippen molar-refractivity contribution in [3.05, 3.63) is 67.8 Å². The maximum absolute atomic E-state index is 10.9.